The summed E-state index contributed by atoms with van der Waals surface area (Å²) < 4.78 is 25.7. The van der Waals surface area contributed by atoms with Gasteiger partial charge in [0.05, 0.1) is 11.6 Å². The standard InChI is InChI=1S/C27H33BrFNO2/c1-25-10-20-11-26(2,15-25)17-27(12-20,16-25)30-13-19-8-22(28)24(23(9-19)31-3)32-14-18-4-6-21(29)7-5-18/h4-9,20,30H,10-17H2,1-3H3. The molecule has 32 heavy (non-hydrogen) atoms. The van der Waals surface area contributed by atoms with Crippen LogP contribution < -0.4 is 14.8 Å². The van der Waals surface area contributed by atoms with Crippen molar-refractivity contribution in [3.8, 4) is 11.5 Å². The lowest BCUT2D eigenvalue weighted by atomic mass is 9.43. The maximum atomic E-state index is 13.2. The number of methoxy groups -OCH3 is 1. The minimum Gasteiger partial charge on any atom is -0.493 e. The SMILES string of the molecule is COc1cc(CNC23CC4CC(C)(CC(C)(C4)C2)C3)cc(Br)c1OCc1ccc(F)cc1. The van der Waals surface area contributed by atoms with Crippen LogP contribution in [0.2, 0.25) is 0 Å². The van der Waals surface area contributed by atoms with Gasteiger partial charge in [-0.3, -0.25) is 0 Å². The second-order valence-electron chi connectivity index (χ2n) is 11.3. The van der Waals surface area contributed by atoms with Crippen molar-refractivity contribution in [3.05, 3.63) is 57.8 Å². The second kappa shape index (κ2) is 8.02. The summed E-state index contributed by atoms with van der Waals surface area (Å²) in [5.41, 5.74) is 3.36. The van der Waals surface area contributed by atoms with Gasteiger partial charge in [0.15, 0.2) is 11.5 Å². The van der Waals surface area contributed by atoms with Gasteiger partial charge in [-0.25, -0.2) is 4.39 Å². The molecule has 4 fully saturated rings. The molecule has 2 atom stereocenters. The fourth-order valence-corrected chi connectivity index (χ4v) is 8.29. The number of hydrogen-bond donors (Lipinski definition) is 1. The fraction of sp³-hybridized carbons (Fsp3) is 0.556. The maximum Gasteiger partial charge on any atom is 0.175 e. The van der Waals surface area contributed by atoms with Crippen LogP contribution in [0, 0.1) is 22.6 Å². The monoisotopic (exact) mass is 501 g/mol. The van der Waals surface area contributed by atoms with Gasteiger partial charge < -0.3 is 14.8 Å². The van der Waals surface area contributed by atoms with Gasteiger partial charge in [0, 0.05) is 12.1 Å². The summed E-state index contributed by atoms with van der Waals surface area (Å²) in [5, 5.41) is 4.00. The van der Waals surface area contributed by atoms with Crippen LogP contribution in [0.15, 0.2) is 40.9 Å². The first kappa shape index (κ1) is 22.2. The molecule has 3 nitrogen and oxygen atoms in total. The molecule has 4 aliphatic rings. The van der Waals surface area contributed by atoms with Gasteiger partial charge in [0.2, 0.25) is 0 Å². The van der Waals surface area contributed by atoms with E-state index in [4.69, 9.17) is 9.47 Å². The molecule has 2 aromatic rings. The average molecular weight is 502 g/mol. The van der Waals surface area contributed by atoms with Gasteiger partial charge >= 0.3 is 0 Å². The van der Waals surface area contributed by atoms with Crippen molar-refractivity contribution < 1.29 is 13.9 Å². The summed E-state index contributed by atoms with van der Waals surface area (Å²) in [6, 6.07) is 10.6. The zero-order valence-electron chi connectivity index (χ0n) is 19.3. The molecule has 172 valence electrons. The molecule has 4 aliphatic carbocycles. The normalized spacial score (nSPS) is 32.8. The van der Waals surface area contributed by atoms with E-state index in [0.717, 1.165) is 22.5 Å². The van der Waals surface area contributed by atoms with Crippen molar-refractivity contribution >= 4 is 15.9 Å². The Morgan fingerprint density at radius 1 is 1.00 bits per heavy atom. The van der Waals surface area contributed by atoms with Gasteiger partial charge in [-0.05, 0) is 107 Å². The Kier molecular flexibility index (Phi) is 5.57. The van der Waals surface area contributed by atoms with Gasteiger partial charge in [-0.15, -0.1) is 0 Å². The van der Waals surface area contributed by atoms with Crippen LogP contribution in [0.3, 0.4) is 0 Å². The minimum absolute atomic E-state index is 0.244. The van der Waals surface area contributed by atoms with Crippen LogP contribution in [0.5, 0.6) is 11.5 Å². The first-order valence-corrected chi connectivity index (χ1v) is 12.5. The fourth-order valence-electron chi connectivity index (χ4n) is 7.69. The molecule has 0 radical (unpaired) electrons. The first-order chi connectivity index (χ1) is 15.2. The Hall–Kier alpha value is -1.59. The van der Waals surface area contributed by atoms with E-state index in [1.807, 2.05) is 0 Å². The molecule has 0 spiro atoms. The highest BCUT2D eigenvalue weighted by molar-refractivity contribution is 9.10. The third-order valence-electron chi connectivity index (χ3n) is 7.88. The Morgan fingerprint density at radius 2 is 1.69 bits per heavy atom. The number of rotatable bonds is 7. The summed E-state index contributed by atoms with van der Waals surface area (Å²) in [6.45, 7) is 6.21. The van der Waals surface area contributed by atoms with E-state index in [1.54, 1.807) is 19.2 Å². The molecule has 6 rings (SSSR count). The van der Waals surface area contributed by atoms with E-state index in [1.165, 1.54) is 56.2 Å². The smallest absolute Gasteiger partial charge is 0.175 e. The highest BCUT2D eigenvalue weighted by atomic mass is 79.9. The lowest BCUT2D eigenvalue weighted by molar-refractivity contribution is -0.118. The van der Waals surface area contributed by atoms with Gasteiger partial charge in [0.1, 0.15) is 12.4 Å². The molecule has 0 aliphatic heterocycles. The van der Waals surface area contributed by atoms with Crippen molar-refractivity contribution in [1.29, 1.82) is 0 Å². The maximum absolute atomic E-state index is 13.2. The van der Waals surface area contributed by atoms with E-state index >= 15 is 0 Å². The van der Waals surface area contributed by atoms with E-state index in [2.05, 4.69) is 47.2 Å². The van der Waals surface area contributed by atoms with Gasteiger partial charge in [-0.1, -0.05) is 26.0 Å². The highest BCUT2D eigenvalue weighted by Crippen LogP contribution is 2.66. The zero-order valence-corrected chi connectivity index (χ0v) is 20.9. The summed E-state index contributed by atoms with van der Waals surface area (Å²) in [5.74, 6) is 2.02. The molecule has 4 bridgehead atoms. The number of ether oxygens (including phenoxy) is 2. The van der Waals surface area contributed by atoms with Crippen molar-refractivity contribution in [2.45, 2.75) is 71.1 Å². The molecule has 1 N–H and O–H groups in total. The van der Waals surface area contributed by atoms with Crippen LogP contribution in [0.25, 0.3) is 0 Å². The number of benzene rings is 2. The van der Waals surface area contributed by atoms with Crippen molar-refractivity contribution in [2.75, 3.05) is 7.11 Å². The summed E-state index contributed by atoms with van der Waals surface area (Å²) in [6.07, 6.45) is 8.11. The minimum atomic E-state index is -0.244. The topological polar surface area (TPSA) is 30.5 Å². The van der Waals surface area contributed by atoms with E-state index in [9.17, 15) is 4.39 Å². The van der Waals surface area contributed by atoms with Gasteiger partial charge in [-0.2, -0.15) is 0 Å². The Morgan fingerprint density at radius 3 is 2.31 bits per heavy atom. The summed E-state index contributed by atoms with van der Waals surface area (Å²) in [7, 11) is 1.67. The van der Waals surface area contributed by atoms with Crippen molar-refractivity contribution in [1.82, 2.24) is 5.32 Å². The van der Waals surface area contributed by atoms with Crippen LogP contribution in [0.1, 0.15) is 63.5 Å². The Bertz CT molecular complexity index is 989. The predicted molar refractivity (Wildman–Crippen MR) is 128 cm³/mol. The summed E-state index contributed by atoms with van der Waals surface area (Å²) in [4.78, 5) is 0. The molecule has 0 heterocycles. The van der Waals surface area contributed by atoms with Gasteiger partial charge in [0.25, 0.3) is 0 Å². The Labute approximate surface area is 199 Å². The molecule has 2 unspecified atom stereocenters. The zero-order chi connectivity index (χ0) is 22.6. The molecule has 0 aromatic heterocycles. The van der Waals surface area contributed by atoms with E-state index < -0.39 is 0 Å². The second-order valence-corrected chi connectivity index (χ2v) is 12.1. The third kappa shape index (κ3) is 4.31. The molecule has 4 saturated carbocycles. The molecule has 5 heteroatoms. The van der Waals surface area contributed by atoms with Crippen molar-refractivity contribution in [2.24, 2.45) is 16.7 Å². The Balaban J connectivity index is 1.30. The number of hydrogen-bond acceptors (Lipinski definition) is 3. The van der Waals surface area contributed by atoms with Crippen LogP contribution in [-0.4, -0.2) is 12.6 Å². The average Bonchev–Trinajstić information content (AvgIpc) is 2.70. The molecular formula is C27H33BrFNO2. The van der Waals surface area contributed by atoms with Crippen LogP contribution in [0.4, 0.5) is 4.39 Å². The van der Waals surface area contributed by atoms with Crippen molar-refractivity contribution in [3.63, 3.8) is 0 Å². The molecule has 0 saturated heterocycles. The molecule has 0 amide bonds. The quantitative estimate of drug-likeness (QED) is 0.442. The lowest BCUT2D eigenvalue weighted by Gasteiger charge is -2.65. The third-order valence-corrected chi connectivity index (χ3v) is 8.47. The lowest BCUT2D eigenvalue weighted by Crippen LogP contribution is -2.63. The largest absolute Gasteiger partial charge is 0.493 e. The number of halogens is 2. The first-order valence-electron chi connectivity index (χ1n) is 11.7. The highest BCUT2D eigenvalue weighted by Gasteiger charge is 2.59. The van der Waals surface area contributed by atoms with E-state index in [-0.39, 0.29) is 11.4 Å². The number of nitrogens with one attached hydrogen (secondary N) is 1. The molecular weight excluding hydrogens is 469 g/mol. The molecule has 2 aromatic carbocycles. The van der Waals surface area contributed by atoms with E-state index in [0.29, 0.717) is 28.9 Å². The van der Waals surface area contributed by atoms with Crippen LogP contribution in [-0.2, 0) is 13.2 Å². The predicted octanol–water partition coefficient (Wildman–Crippen LogP) is 7.01. The summed E-state index contributed by atoms with van der Waals surface area (Å²) >= 11 is 3.68. The van der Waals surface area contributed by atoms with Crippen LogP contribution >= 0.6 is 15.9 Å².